The first-order chi connectivity index (χ1) is 9.99. The zero-order chi connectivity index (χ0) is 15.0. The highest BCUT2D eigenvalue weighted by Gasteiger charge is 2.37. The van der Waals surface area contributed by atoms with Crippen LogP contribution in [0, 0.1) is 6.92 Å². The normalized spacial score (nSPS) is 26.1. The van der Waals surface area contributed by atoms with Gasteiger partial charge in [0.1, 0.15) is 0 Å². The van der Waals surface area contributed by atoms with Crippen LogP contribution in [0.25, 0.3) is 0 Å². The van der Waals surface area contributed by atoms with E-state index in [1.54, 1.807) is 4.31 Å². The highest BCUT2D eigenvalue weighted by molar-refractivity contribution is 7.89. The van der Waals surface area contributed by atoms with Crippen molar-refractivity contribution in [1.29, 1.82) is 0 Å². The van der Waals surface area contributed by atoms with Gasteiger partial charge in [-0.25, -0.2) is 8.42 Å². The van der Waals surface area contributed by atoms with Crippen LogP contribution in [0.5, 0.6) is 0 Å². The minimum Gasteiger partial charge on any atom is -0.337 e. The quantitative estimate of drug-likeness (QED) is 0.830. The van der Waals surface area contributed by atoms with E-state index in [4.69, 9.17) is 0 Å². The van der Waals surface area contributed by atoms with E-state index in [9.17, 15) is 13.2 Å². The Hall–Kier alpha value is -0.920. The molecule has 3 heterocycles. The predicted molar refractivity (Wildman–Crippen MR) is 83.1 cm³/mol. The molecule has 21 heavy (non-hydrogen) atoms. The fourth-order valence-corrected chi connectivity index (χ4v) is 5.78. The van der Waals surface area contributed by atoms with Crippen molar-refractivity contribution in [3.63, 3.8) is 0 Å². The molecule has 0 bridgehead atoms. The summed E-state index contributed by atoms with van der Waals surface area (Å²) in [6.45, 7) is 3.79. The number of rotatable bonds is 2. The first-order valence-corrected chi connectivity index (χ1v) is 9.86. The van der Waals surface area contributed by atoms with Crippen molar-refractivity contribution in [3.05, 3.63) is 21.9 Å². The second-order valence-corrected chi connectivity index (χ2v) is 8.58. The fourth-order valence-electron chi connectivity index (χ4n) is 3.19. The number of carbonyl (C=O) groups excluding carboxylic acids is 1. The second kappa shape index (κ2) is 5.70. The lowest BCUT2D eigenvalue weighted by molar-refractivity contribution is 0.0658. The average Bonchev–Trinajstić information content (AvgIpc) is 3.03. The molecule has 1 amide bonds. The van der Waals surface area contributed by atoms with E-state index in [1.807, 2.05) is 22.6 Å². The lowest BCUT2D eigenvalue weighted by Gasteiger charge is -2.36. The van der Waals surface area contributed by atoms with E-state index in [2.05, 4.69) is 0 Å². The van der Waals surface area contributed by atoms with Gasteiger partial charge in [0.25, 0.3) is 5.91 Å². The summed E-state index contributed by atoms with van der Waals surface area (Å²) >= 11 is 1.53. The van der Waals surface area contributed by atoms with Crippen LogP contribution in [-0.2, 0) is 10.0 Å². The van der Waals surface area contributed by atoms with Crippen LogP contribution in [0.1, 0.15) is 35.2 Å². The molecule has 0 radical (unpaired) electrons. The molecule has 0 aliphatic carbocycles. The summed E-state index contributed by atoms with van der Waals surface area (Å²) in [6, 6.07) is -0.0471. The average molecular weight is 328 g/mol. The number of likely N-dealkylation sites (tertiary alicyclic amines) is 1. The van der Waals surface area contributed by atoms with E-state index in [0.29, 0.717) is 19.5 Å². The molecule has 2 aliphatic heterocycles. The molecule has 116 valence electrons. The lowest BCUT2D eigenvalue weighted by Crippen LogP contribution is -2.50. The Morgan fingerprint density at radius 3 is 2.71 bits per heavy atom. The number of piperidine rings is 1. The molecule has 3 rings (SSSR count). The van der Waals surface area contributed by atoms with Crippen molar-refractivity contribution in [2.24, 2.45) is 0 Å². The van der Waals surface area contributed by atoms with Crippen molar-refractivity contribution < 1.29 is 13.2 Å². The molecule has 1 aromatic rings. The maximum Gasteiger partial charge on any atom is 0.255 e. The first kappa shape index (κ1) is 15.0. The molecular formula is C14H20N2O3S2. The van der Waals surface area contributed by atoms with Crippen molar-refractivity contribution in [2.45, 2.75) is 32.2 Å². The molecule has 2 saturated heterocycles. The molecule has 0 N–H and O–H groups in total. The number of hydrogen-bond acceptors (Lipinski definition) is 4. The van der Waals surface area contributed by atoms with E-state index in [1.165, 1.54) is 11.3 Å². The number of aryl methyl sites for hydroxylation is 1. The molecule has 7 heteroatoms. The molecule has 0 aromatic carbocycles. The van der Waals surface area contributed by atoms with Crippen molar-refractivity contribution >= 4 is 27.3 Å². The number of carbonyl (C=O) groups is 1. The number of sulfonamides is 1. The maximum absolute atomic E-state index is 12.6. The summed E-state index contributed by atoms with van der Waals surface area (Å²) in [5.41, 5.74) is 1.76. The number of thiophene rings is 1. The Kier molecular flexibility index (Phi) is 4.07. The van der Waals surface area contributed by atoms with Crippen LogP contribution >= 0.6 is 11.3 Å². The van der Waals surface area contributed by atoms with Gasteiger partial charge in [-0.1, -0.05) is 0 Å². The predicted octanol–water partition coefficient (Wildman–Crippen LogP) is 1.70. The minimum atomic E-state index is -3.10. The first-order valence-electron chi connectivity index (χ1n) is 7.30. The van der Waals surface area contributed by atoms with Crippen LogP contribution < -0.4 is 0 Å². The highest BCUT2D eigenvalue weighted by Crippen LogP contribution is 2.25. The van der Waals surface area contributed by atoms with Gasteiger partial charge in [-0.2, -0.15) is 15.6 Å². The molecule has 5 nitrogen and oxygen atoms in total. The Morgan fingerprint density at radius 2 is 2.10 bits per heavy atom. The number of nitrogens with zero attached hydrogens (tertiary/aromatic N) is 2. The fraction of sp³-hybridized carbons (Fsp3) is 0.643. The summed E-state index contributed by atoms with van der Waals surface area (Å²) in [7, 11) is -3.10. The summed E-state index contributed by atoms with van der Waals surface area (Å²) in [5.74, 6) is 0.288. The topological polar surface area (TPSA) is 57.7 Å². The van der Waals surface area contributed by atoms with E-state index in [0.717, 1.165) is 30.5 Å². The van der Waals surface area contributed by atoms with Crippen molar-refractivity contribution in [1.82, 2.24) is 9.21 Å². The second-order valence-electron chi connectivity index (χ2n) is 5.80. The van der Waals surface area contributed by atoms with Gasteiger partial charge in [0, 0.05) is 31.1 Å². The Morgan fingerprint density at radius 1 is 1.29 bits per heavy atom. The molecule has 1 aromatic heterocycles. The van der Waals surface area contributed by atoms with Crippen LogP contribution in [-0.4, -0.2) is 55.0 Å². The third-order valence-corrected chi connectivity index (χ3v) is 7.18. The van der Waals surface area contributed by atoms with E-state index in [-0.39, 0.29) is 17.7 Å². The van der Waals surface area contributed by atoms with Gasteiger partial charge < -0.3 is 4.90 Å². The van der Waals surface area contributed by atoms with Crippen molar-refractivity contribution in [2.75, 3.05) is 25.4 Å². The molecule has 0 saturated carbocycles. The molecular weight excluding hydrogens is 308 g/mol. The molecule has 1 atom stereocenters. The maximum atomic E-state index is 12.6. The summed E-state index contributed by atoms with van der Waals surface area (Å²) in [6.07, 6.45) is 2.42. The Labute approximate surface area is 129 Å². The lowest BCUT2D eigenvalue weighted by atomic mass is 10.0. The van der Waals surface area contributed by atoms with E-state index >= 15 is 0 Å². The van der Waals surface area contributed by atoms with Gasteiger partial charge in [0.2, 0.25) is 10.0 Å². The Bertz CT molecular complexity index is 638. The summed E-state index contributed by atoms with van der Waals surface area (Å²) in [5, 5.41) is 3.85. The van der Waals surface area contributed by atoms with Crippen LogP contribution in [0.15, 0.2) is 10.8 Å². The summed E-state index contributed by atoms with van der Waals surface area (Å²) in [4.78, 5) is 14.4. The molecule has 2 aliphatic rings. The third kappa shape index (κ3) is 2.86. The van der Waals surface area contributed by atoms with Gasteiger partial charge in [-0.3, -0.25) is 4.79 Å². The number of amides is 1. The smallest absolute Gasteiger partial charge is 0.255 e. The van der Waals surface area contributed by atoms with Gasteiger partial charge in [-0.05, 0) is 37.1 Å². The van der Waals surface area contributed by atoms with E-state index < -0.39 is 10.0 Å². The molecule has 0 unspecified atom stereocenters. The zero-order valence-corrected chi connectivity index (χ0v) is 13.8. The highest BCUT2D eigenvalue weighted by atomic mass is 32.2. The van der Waals surface area contributed by atoms with Crippen LogP contribution in [0.3, 0.4) is 0 Å². The van der Waals surface area contributed by atoms with Gasteiger partial charge >= 0.3 is 0 Å². The summed E-state index contributed by atoms with van der Waals surface area (Å²) < 4.78 is 25.7. The largest absolute Gasteiger partial charge is 0.337 e. The Balaban J connectivity index is 1.74. The third-order valence-electron chi connectivity index (χ3n) is 4.32. The molecule has 2 fully saturated rings. The number of hydrogen-bond donors (Lipinski definition) is 0. The van der Waals surface area contributed by atoms with Crippen LogP contribution in [0.2, 0.25) is 0 Å². The SMILES string of the molecule is Cc1cscc1C(=O)N1CCC[C@H](N2CCCS2(=O)=O)C1. The van der Waals surface area contributed by atoms with Crippen molar-refractivity contribution in [3.8, 4) is 0 Å². The van der Waals surface area contributed by atoms with Crippen LogP contribution in [0.4, 0.5) is 0 Å². The molecule has 0 spiro atoms. The van der Waals surface area contributed by atoms with Gasteiger partial charge in [-0.15, -0.1) is 0 Å². The van der Waals surface area contributed by atoms with Gasteiger partial charge in [0.05, 0.1) is 11.3 Å². The van der Waals surface area contributed by atoms with Gasteiger partial charge in [0.15, 0.2) is 0 Å². The zero-order valence-electron chi connectivity index (χ0n) is 12.1. The monoisotopic (exact) mass is 328 g/mol. The minimum absolute atomic E-state index is 0.0371. The standard InChI is InChI=1S/C14H20N2O3S2/c1-11-9-20-10-13(11)14(17)15-5-2-4-12(8-15)16-6-3-7-21(16,18)19/h9-10,12H,2-8H2,1H3/t12-/m0/s1.